The first-order valence-corrected chi connectivity index (χ1v) is 13.0. The highest BCUT2D eigenvalue weighted by Gasteiger charge is 2.21. The molecule has 0 fully saturated rings. The third-order valence-electron chi connectivity index (χ3n) is 7.35. The second-order valence-electron chi connectivity index (χ2n) is 9.59. The van der Waals surface area contributed by atoms with Gasteiger partial charge in [0, 0.05) is 35.9 Å². The van der Waals surface area contributed by atoms with Gasteiger partial charge in [0.25, 0.3) is 5.91 Å². The molecule has 1 amide bonds. The minimum absolute atomic E-state index is 0.0824. The minimum atomic E-state index is 0.0824. The van der Waals surface area contributed by atoms with Gasteiger partial charge in [-0.05, 0) is 110 Å². The number of anilines is 1. The molecule has 176 valence electrons. The third-order valence-corrected chi connectivity index (χ3v) is 7.60. The molecule has 4 heteroatoms. The van der Waals surface area contributed by atoms with E-state index in [0.717, 1.165) is 63.0 Å². The van der Waals surface area contributed by atoms with E-state index in [1.54, 1.807) is 0 Å². The zero-order valence-corrected chi connectivity index (χ0v) is 20.6. The molecule has 0 radical (unpaired) electrons. The lowest BCUT2D eigenvalue weighted by atomic mass is 9.90. The maximum atomic E-state index is 13.7. The zero-order chi connectivity index (χ0) is 23.3. The highest BCUT2D eigenvalue weighted by atomic mass is 35.5. The fraction of sp³-hybridized carbons (Fsp3) is 0.367. The highest BCUT2D eigenvalue weighted by molar-refractivity contribution is 6.30. The van der Waals surface area contributed by atoms with Gasteiger partial charge in [-0.15, -0.1) is 0 Å². The molecule has 1 heterocycles. The molecule has 3 nitrogen and oxygen atoms in total. The molecule has 34 heavy (non-hydrogen) atoms. The highest BCUT2D eigenvalue weighted by Crippen LogP contribution is 2.25. The Balaban J connectivity index is 1.28. The Morgan fingerprint density at radius 1 is 0.794 bits per heavy atom. The Morgan fingerprint density at radius 3 is 2.15 bits per heavy atom. The number of rotatable bonds is 6. The molecule has 0 saturated heterocycles. The Labute approximate surface area is 208 Å². The van der Waals surface area contributed by atoms with Crippen molar-refractivity contribution in [1.82, 2.24) is 4.90 Å². The van der Waals surface area contributed by atoms with Crippen LogP contribution in [0.5, 0.6) is 0 Å². The van der Waals surface area contributed by atoms with Crippen LogP contribution in [0.25, 0.3) is 0 Å². The topological polar surface area (TPSA) is 23.6 Å². The normalized spacial score (nSPS) is 15.8. The summed E-state index contributed by atoms with van der Waals surface area (Å²) < 4.78 is 0. The summed E-state index contributed by atoms with van der Waals surface area (Å²) in [5.41, 5.74) is 7.42. The van der Waals surface area contributed by atoms with Crippen LogP contribution in [-0.4, -0.2) is 37.0 Å². The van der Waals surface area contributed by atoms with Crippen molar-refractivity contribution in [2.45, 2.75) is 44.9 Å². The summed E-state index contributed by atoms with van der Waals surface area (Å²) in [5.74, 6) is 0.0824. The van der Waals surface area contributed by atoms with Crippen molar-refractivity contribution in [1.29, 1.82) is 0 Å². The molecule has 1 aliphatic heterocycles. The summed E-state index contributed by atoms with van der Waals surface area (Å²) in [7, 11) is 0. The van der Waals surface area contributed by atoms with Crippen LogP contribution in [0.3, 0.4) is 0 Å². The SMILES string of the molecule is O=C(c1ccc2c(c1)CCCC2)N(CCCN1CCc2ccccc2CC1)c1ccc(Cl)cc1. The molecule has 0 unspecified atom stereocenters. The Hall–Kier alpha value is -2.62. The van der Waals surface area contributed by atoms with E-state index in [1.165, 1.54) is 35.1 Å². The maximum absolute atomic E-state index is 13.7. The third kappa shape index (κ3) is 5.37. The van der Waals surface area contributed by atoms with Crippen LogP contribution in [-0.2, 0) is 25.7 Å². The molecular weight excluding hydrogens is 440 g/mol. The molecular formula is C30H33ClN2O. The smallest absolute Gasteiger partial charge is 0.258 e. The molecule has 0 spiro atoms. The summed E-state index contributed by atoms with van der Waals surface area (Å²) in [5, 5.41) is 0.689. The molecule has 1 aliphatic carbocycles. The van der Waals surface area contributed by atoms with Gasteiger partial charge in [0.05, 0.1) is 0 Å². The van der Waals surface area contributed by atoms with Crippen molar-refractivity contribution < 1.29 is 4.79 Å². The van der Waals surface area contributed by atoms with Crippen LogP contribution in [0.15, 0.2) is 66.7 Å². The number of fused-ring (bicyclic) bond motifs is 2. The lowest BCUT2D eigenvalue weighted by Crippen LogP contribution is -2.35. The number of hydrogen-bond donors (Lipinski definition) is 0. The van der Waals surface area contributed by atoms with E-state index >= 15 is 0 Å². The number of benzene rings is 3. The van der Waals surface area contributed by atoms with Gasteiger partial charge in [-0.1, -0.05) is 41.9 Å². The lowest BCUT2D eigenvalue weighted by Gasteiger charge is -2.26. The Kier molecular flexibility index (Phi) is 7.32. The first kappa shape index (κ1) is 23.1. The van der Waals surface area contributed by atoms with Gasteiger partial charge in [-0.25, -0.2) is 0 Å². The molecule has 0 bridgehead atoms. The number of amides is 1. The quantitative estimate of drug-likeness (QED) is 0.417. The predicted octanol–water partition coefficient (Wildman–Crippen LogP) is 6.36. The zero-order valence-electron chi connectivity index (χ0n) is 19.8. The van der Waals surface area contributed by atoms with Crippen LogP contribution < -0.4 is 4.90 Å². The summed E-state index contributed by atoms with van der Waals surface area (Å²) >= 11 is 6.14. The van der Waals surface area contributed by atoms with Crippen LogP contribution in [0.4, 0.5) is 5.69 Å². The van der Waals surface area contributed by atoms with Crippen molar-refractivity contribution in [2.75, 3.05) is 31.1 Å². The number of carbonyl (C=O) groups is 1. The largest absolute Gasteiger partial charge is 0.308 e. The minimum Gasteiger partial charge on any atom is -0.308 e. The van der Waals surface area contributed by atoms with Crippen LogP contribution in [0, 0.1) is 0 Å². The average Bonchev–Trinajstić information content (AvgIpc) is 3.09. The van der Waals surface area contributed by atoms with E-state index in [4.69, 9.17) is 11.6 Å². The van der Waals surface area contributed by atoms with E-state index < -0.39 is 0 Å². The maximum Gasteiger partial charge on any atom is 0.258 e. The van der Waals surface area contributed by atoms with E-state index in [-0.39, 0.29) is 5.91 Å². The van der Waals surface area contributed by atoms with Crippen LogP contribution >= 0.6 is 11.6 Å². The second-order valence-corrected chi connectivity index (χ2v) is 10.0. The van der Waals surface area contributed by atoms with Gasteiger partial charge in [-0.2, -0.15) is 0 Å². The molecule has 0 aromatic heterocycles. The molecule has 5 rings (SSSR count). The molecule has 0 N–H and O–H groups in total. The Morgan fingerprint density at radius 2 is 1.44 bits per heavy atom. The van der Waals surface area contributed by atoms with Crippen molar-refractivity contribution in [3.63, 3.8) is 0 Å². The van der Waals surface area contributed by atoms with Crippen molar-refractivity contribution in [2.24, 2.45) is 0 Å². The standard InChI is InChI=1S/C30H33ClN2O/c31-28-12-14-29(15-13-28)33(30(34)27-11-10-23-6-3-4-9-26(23)22-27)19-5-18-32-20-16-24-7-1-2-8-25(24)17-21-32/h1-2,7-8,10-15,22H,3-6,9,16-21H2. The molecule has 0 saturated carbocycles. The van der Waals surface area contributed by atoms with E-state index in [0.29, 0.717) is 11.6 Å². The number of halogens is 1. The van der Waals surface area contributed by atoms with Crippen LogP contribution in [0.2, 0.25) is 5.02 Å². The number of hydrogen-bond acceptors (Lipinski definition) is 2. The van der Waals surface area contributed by atoms with Crippen molar-refractivity contribution in [3.8, 4) is 0 Å². The first-order chi connectivity index (χ1) is 16.7. The van der Waals surface area contributed by atoms with Gasteiger partial charge in [0.1, 0.15) is 0 Å². The van der Waals surface area contributed by atoms with Gasteiger partial charge in [0.15, 0.2) is 0 Å². The number of nitrogens with zero attached hydrogens (tertiary/aromatic N) is 2. The second kappa shape index (κ2) is 10.8. The van der Waals surface area contributed by atoms with Crippen molar-refractivity contribution in [3.05, 3.63) is 99.6 Å². The van der Waals surface area contributed by atoms with E-state index in [2.05, 4.69) is 41.3 Å². The number of aryl methyl sites for hydroxylation is 2. The summed E-state index contributed by atoms with van der Waals surface area (Å²) in [4.78, 5) is 18.2. The Bertz CT molecular complexity index is 1110. The lowest BCUT2D eigenvalue weighted by molar-refractivity contribution is 0.0985. The fourth-order valence-electron chi connectivity index (χ4n) is 5.38. The summed E-state index contributed by atoms with van der Waals surface area (Å²) in [6.07, 6.45) is 7.81. The molecule has 0 atom stereocenters. The van der Waals surface area contributed by atoms with Gasteiger partial charge >= 0.3 is 0 Å². The monoisotopic (exact) mass is 472 g/mol. The molecule has 3 aromatic carbocycles. The van der Waals surface area contributed by atoms with E-state index in [1.807, 2.05) is 35.2 Å². The first-order valence-electron chi connectivity index (χ1n) is 12.7. The molecule has 3 aromatic rings. The number of carbonyl (C=O) groups excluding carboxylic acids is 1. The summed E-state index contributed by atoms with van der Waals surface area (Å²) in [6.45, 7) is 3.85. The van der Waals surface area contributed by atoms with Gasteiger partial charge < -0.3 is 9.80 Å². The molecule has 2 aliphatic rings. The van der Waals surface area contributed by atoms with Gasteiger partial charge in [0.2, 0.25) is 0 Å². The van der Waals surface area contributed by atoms with Crippen LogP contribution in [0.1, 0.15) is 51.9 Å². The fourth-order valence-corrected chi connectivity index (χ4v) is 5.51. The predicted molar refractivity (Wildman–Crippen MR) is 141 cm³/mol. The van der Waals surface area contributed by atoms with Gasteiger partial charge in [-0.3, -0.25) is 4.79 Å². The van der Waals surface area contributed by atoms with Crippen molar-refractivity contribution >= 4 is 23.2 Å². The summed E-state index contributed by atoms with van der Waals surface area (Å²) in [6, 6.07) is 22.8. The average molecular weight is 473 g/mol. The van der Waals surface area contributed by atoms with E-state index in [9.17, 15) is 4.79 Å².